The van der Waals surface area contributed by atoms with E-state index in [4.69, 9.17) is 21.4 Å². The molecule has 16 heavy (non-hydrogen) atoms. The molecule has 0 spiro atoms. The van der Waals surface area contributed by atoms with Crippen LogP contribution < -0.4 is 4.74 Å². The Kier molecular flexibility index (Phi) is 4.68. The van der Waals surface area contributed by atoms with Gasteiger partial charge in [-0.15, -0.1) is 0 Å². The molecule has 0 aliphatic heterocycles. The van der Waals surface area contributed by atoms with Crippen LogP contribution in [-0.4, -0.2) is 18.2 Å². The highest BCUT2D eigenvalue weighted by Crippen LogP contribution is 2.24. The minimum atomic E-state index is -0.916. The molecule has 4 heteroatoms. The molecule has 0 saturated carbocycles. The molecule has 0 amide bonds. The van der Waals surface area contributed by atoms with Crippen LogP contribution in [0.15, 0.2) is 18.2 Å². The Labute approximate surface area is 99.0 Å². The van der Waals surface area contributed by atoms with Gasteiger partial charge in [0, 0.05) is 6.42 Å². The molecule has 0 atom stereocenters. The number of halogens is 1. The Balaban J connectivity index is 2.64. The van der Waals surface area contributed by atoms with E-state index in [1.54, 1.807) is 19.2 Å². The van der Waals surface area contributed by atoms with Crippen LogP contribution in [0.4, 0.5) is 0 Å². The quantitative estimate of drug-likeness (QED) is 0.823. The van der Waals surface area contributed by atoms with Crippen molar-refractivity contribution >= 4 is 17.6 Å². The summed E-state index contributed by atoms with van der Waals surface area (Å²) in [5.74, 6) is 5.02. The third kappa shape index (κ3) is 3.84. The Bertz CT molecular complexity index is 443. The first-order chi connectivity index (χ1) is 7.63. The van der Waals surface area contributed by atoms with Crippen molar-refractivity contribution in [1.82, 2.24) is 0 Å². The molecular formula is C12H11ClO3. The van der Waals surface area contributed by atoms with Crippen molar-refractivity contribution in [1.29, 1.82) is 0 Å². The molecule has 0 heterocycles. The minimum Gasteiger partial charge on any atom is -0.495 e. The van der Waals surface area contributed by atoms with E-state index in [0.717, 1.165) is 5.56 Å². The highest BCUT2D eigenvalue weighted by molar-refractivity contribution is 6.32. The van der Waals surface area contributed by atoms with E-state index in [2.05, 4.69) is 11.8 Å². The third-order valence-corrected chi connectivity index (χ3v) is 2.17. The van der Waals surface area contributed by atoms with Gasteiger partial charge in [0.05, 0.1) is 12.1 Å². The summed E-state index contributed by atoms with van der Waals surface area (Å²) in [5.41, 5.74) is 0.934. The molecule has 0 unspecified atom stereocenters. The van der Waals surface area contributed by atoms with Crippen molar-refractivity contribution in [3.8, 4) is 17.6 Å². The fourth-order valence-corrected chi connectivity index (χ4v) is 1.40. The molecule has 0 aliphatic carbocycles. The van der Waals surface area contributed by atoms with Crippen molar-refractivity contribution in [2.45, 2.75) is 12.8 Å². The molecule has 0 aliphatic rings. The van der Waals surface area contributed by atoms with Gasteiger partial charge in [0.15, 0.2) is 0 Å². The van der Waals surface area contributed by atoms with E-state index < -0.39 is 5.97 Å². The molecule has 84 valence electrons. The molecular weight excluding hydrogens is 228 g/mol. The van der Waals surface area contributed by atoms with E-state index in [0.29, 0.717) is 17.2 Å². The normalized spacial score (nSPS) is 9.12. The molecule has 0 radical (unpaired) electrons. The van der Waals surface area contributed by atoms with E-state index in [1.165, 1.54) is 0 Å². The lowest BCUT2D eigenvalue weighted by atomic mass is 10.1. The molecule has 1 N–H and O–H groups in total. The van der Waals surface area contributed by atoms with Crippen LogP contribution in [0.5, 0.6) is 5.75 Å². The van der Waals surface area contributed by atoms with Crippen LogP contribution in [-0.2, 0) is 11.2 Å². The van der Waals surface area contributed by atoms with Gasteiger partial charge < -0.3 is 9.84 Å². The second-order valence-electron chi connectivity index (χ2n) is 3.07. The number of benzene rings is 1. The van der Waals surface area contributed by atoms with Crippen molar-refractivity contribution in [2.75, 3.05) is 7.11 Å². The number of hydrogen-bond acceptors (Lipinski definition) is 2. The van der Waals surface area contributed by atoms with Gasteiger partial charge in [0.1, 0.15) is 12.2 Å². The molecule has 0 saturated heterocycles. The van der Waals surface area contributed by atoms with Gasteiger partial charge in [0.25, 0.3) is 0 Å². The van der Waals surface area contributed by atoms with E-state index in [9.17, 15) is 4.79 Å². The van der Waals surface area contributed by atoms with Gasteiger partial charge in [-0.3, -0.25) is 4.79 Å². The van der Waals surface area contributed by atoms with Crippen LogP contribution in [0, 0.1) is 11.8 Å². The van der Waals surface area contributed by atoms with Gasteiger partial charge in [-0.25, -0.2) is 0 Å². The van der Waals surface area contributed by atoms with Crippen molar-refractivity contribution < 1.29 is 14.6 Å². The van der Waals surface area contributed by atoms with Crippen molar-refractivity contribution in [3.05, 3.63) is 28.8 Å². The summed E-state index contributed by atoms with van der Waals surface area (Å²) in [6.45, 7) is 0. The first-order valence-corrected chi connectivity index (χ1v) is 5.01. The van der Waals surface area contributed by atoms with Crippen molar-refractivity contribution in [2.24, 2.45) is 0 Å². The zero-order chi connectivity index (χ0) is 12.0. The number of carbonyl (C=O) groups is 1. The zero-order valence-corrected chi connectivity index (χ0v) is 9.54. The summed E-state index contributed by atoms with van der Waals surface area (Å²) in [6, 6.07) is 5.37. The van der Waals surface area contributed by atoms with Gasteiger partial charge in [-0.05, 0) is 17.7 Å². The number of carboxylic acid groups (broad SMARTS) is 1. The maximum absolute atomic E-state index is 10.2. The third-order valence-electron chi connectivity index (χ3n) is 1.87. The zero-order valence-electron chi connectivity index (χ0n) is 8.79. The molecule has 0 aromatic heterocycles. The number of hydrogen-bond donors (Lipinski definition) is 1. The molecule has 1 aromatic rings. The first kappa shape index (κ1) is 12.4. The molecule has 1 rings (SSSR count). The summed E-state index contributed by atoms with van der Waals surface area (Å²) < 4.78 is 5.01. The van der Waals surface area contributed by atoms with Gasteiger partial charge >= 0.3 is 5.97 Å². The number of rotatable bonds is 3. The average molecular weight is 239 g/mol. The molecule has 0 fully saturated rings. The van der Waals surface area contributed by atoms with Crippen LogP contribution in [0.1, 0.15) is 12.0 Å². The summed E-state index contributed by atoms with van der Waals surface area (Å²) >= 11 is 5.93. The van der Waals surface area contributed by atoms with E-state index in [-0.39, 0.29) is 6.42 Å². The van der Waals surface area contributed by atoms with Gasteiger partial charge in [-0.1, -0.05) is 29.5 Å². The second kappa shape index (κ2) is 6.04. The fourth-order valence-electron chi connectivity index (χ4n) is 1.12. The number of methoxy groups -OCH3 is 1. The topological polar surface area (TPSA) is 46.5 Å². The minimum absolute atomic E-state index is 0.135. The maximum atomic E-state index is 10.2. The molecule has 1 aromatic carbocycles. The van der Waals surface area contributed by atoms with Crippen molar-refractivity contribution in [3.63, 3.8) is 0 Å². The SMILES string of the molecule is COc1ccc(CC#CCC(=O)O)cc1Cl. The van der Waals surface area contributed by atoms with Crippen LogP contribution >= 0.6 is 11.6 Å². The molecule has 0 bridgehead atoms. The Morgan fingerprint density at radius 1 is 1.50 bits per heavy atom. The Hall–Kier alpha value is -1.66. The van der Waals surface area contributed by atoms with E-state index in [1.807, 2.05) is 6.07 Å². The summed E-state index contributed by atoms with van der Waals surface area (Å²) in [4.78, 5) is 10.2. The first-order valence-electron chi connectivity index (χ1n) is 4.63. The Morgan fingerprint density at radius 3 is 2.81 bits per heavy atom. The maximum Gasteiger partial charge on any atom is 0.315 e. The van der Waals surface area contributed by atoms with Crippen LogP contribution in [0.3, 0.4) is 0 Å². The number of aliphatic carboxylic acids is 1. The van der Waals surface area contributed by atoms with Crippen LogP contribution in [0.2, 0.25) is 5.02 Å². The molecule has 3 nitrogen and oxygen atoms in total. The summed E-state index contributed by atoms with van der Waals surface area (Å²) in [6.07, 6.45) is 0.348. The lowest BCUT2D eigenvalue weighted by Crippen LogP contribution is -1.91. The lowest BCUT2D eigenvalue weighted by molar-refractivity contribution is -0.135. The Morgan fingerprint density at radius 2 is 2.25 bits per heavy atom. The monoisotopic (exact) mass is 238 g/mol. The van der Waals surface area contributed by atoms with Crippen LogP contribution in [0.25, 0.3) is 0 Å². The largest absolute Gasteiger partial charge is 0.495 e. The lowest BCUT2D eigenvalue weighted by Gasteiger charge is -2.03. The van der Waals surface area contributed by atoms with E-state index >= 15 is 0 Å². The summed E-state index contributed by atoms with van der Waals surface area (Å²) in [7, 11) is 1.55. The second-order valence-corrected chi connectivity index (χ2v) is 3.48. The fraction of sp³-hybridized carbons (Fsp3) is 0.250. The highest BCUT2D eigenvalue weighted by atomic mass is 35.5. The number of ether oxygens (including phenoxy) is 1. The standard InChI is InChI=1S/C12H11ClO3/c1-16-11-7-6-9(8-10(11)13)4-2-3-5-12(14)15/h6-8H,4-5H2,1H3,(H,14,15). The van der Waals surface area contributed by atoms with Gasteiger partial charge in [0.2, 0.25) is 0 Å². The average Bonchev–Trinajstić information content (AvgIpc) is 2.24. The van der Waals surface area contributed by atoms with Gasteiger partial charge in [-0.2, -0.15) is 0 Å². The predicted octanol–water partition coefficient (Wildman–Crippen LogP) is 2.37. The predicted molar refractivity (Wildman–Crippen MR) is 61.7 cm³/mol. The smallest absolute Gasteiger partial charge is 0.315 e. The number of carboxylic acids is 1. The highest BCUT2D eigenvalue weighted by Gasteiger charge is 2.00. The summed E-state index contributed by atoms with van der Waals surface area (Å²) in [5, 5.41) is 8.91.